The lowest BCUT2D eigenvalue weighted by Crippen LogP contribution is -2.34. The van der Waals surface area contributed by atoms with Crippen molar-refractivity contribution >= 4 is 16.1 Å². The van der Waals surface area contributed by atoms with E-state index >= 15 is 0 Å². The van der Waals surface area contributed by atoms with Crippen LogP contribution in [0.4, 0.5) is 0 Å². The van der Waals surface area contributed by atoms with Gasteiger partial charge in [0.2, 0.25) is 6.08 Å². The molecule has 0 amide bonds. The molecule has 1 aromatic heterocycles. The fourth-order valence-electron chi connectivity index (χ4n) is 1.84. The van der Waals surface area contributed by atoms with Gasteiger partial charge in [-0.2, -0.15) is 9.30 Å². The summed E-state index contributed by atoms with van der Waals surface area (Å²) in [4.78, 5) is 17.6. The van der Waals surface area contributed by atoms with Crippen LogP contribution in [0.3, 0.4) is 0 Å². The molecule has 1 atom stereocenters. The second kappa shape index (κ2) is 4.40. The molecule has 8 heteroatoms. The number of imidazole rings is 1. The highest BCUT2D eigenvalue weighted by molar-refractivity contribution is 7.89. The molecule has 0 bridgehead atoms. The lowest BCUT2D eigenvalue weighted by atomic mass is 10.3. The number of aliphatic imine (C=N–C) groups is 1. The molecule has 92 valence electrons. The topological polar surface area (TPSA) is 84.6 Å². The zero-order valence-electron chi connectivity index (χ0n) is 9.28. The van der Waals surface area contributed by atoms with Gasteiger partial charge in [-0.25, -0.2) is 18.2 Å². The highest BCUT2D eigenvalue weighted by atomic mass is 32.2. The average Bonchev–Trinajstić information content (AvgIpc) is 2.87. The number of nitrogens with zero attached hydrogens (tertiary/aromatic N) is 4. The van der Waals surface area contributed by atoms with E-state index in [9.17, 15) is 13.2 Å². The SMILES string of the molecule is Cn1cnc(S(=O)(=O)N2CCCC2N=C=O)c1. The van der Waals surface area contributed by atoms with Crippen molar-refractivity contribution in [2.75, 3.05) is 6.54 Å². The maximum Gasteiger partial charge on any atom is 0.263 e. The third kappa shape index (κ3) is 2.14. The predicted molar refractivity (Wildman–Crippen MR) is 58.2 cm³/mol. The molecule has 0 aliphatic carbocycles. The molecule has 0 radical (unpaired) electrons. The number of aryl methyl sites for hydroxylation is 1. The van der Waals surface area contributed by atoms with Crippen LogP contribution in [-0.4, -0.2) is 41.1 Å². The first-order chi connectivity index (χ1) is 8.05. The molecule has 2 rings (SSSR count). The number of carbonyl (C=O) groups excluding carboxylic acids is 1. The summed E-state index contributed by atoms with van der Waals surface area (Å²) >= 11 is 0. The maximum atomic E-state index is 12.2. The van der Waals surface area contributed by atoms with Gasteiger partial charge in [0.05, 0.1) is 6.33 Å². The quantitative estimate of drug-likeness (QED) is 0.557. The summed E-state index contributed by atoms with van der Waals surface area (Å²) in [6, 6.07) is 0. The Hall–Kier alpha value is -1.50. The second-order valence-electron chi connectivity index (χ2n) is 3.84. The molecule has 1 aromatic rings. The van der Waals surface area contributed by atoms with Gasteiger partial charge in [0, 0.05) is 19.8 Å². The fraction of sp³-hybridized carbons (Fsp3) is 0.556. The van der Waals surface area contributed by atoms with Crippen LogP contribution < -0.4 is 0 Å². The molecule has 0 saturated carbocycles. The predicted octanol–water partition coefficient (Wildman–Crippen LogP) is -0.134. The molecule has 1 unspecified atom stereocenters. The highest BCUT2D eigenvalue weighted by Gasteiger charge is 2.36. The van der Waals surface area contributed by atoms with E-state index in [2.05, 4.69) is 9.98 Å². The van der Waals surface area contributed by atoms with Gasteiger partial charge in [-0.05, 0) is 12.8 Å². The van der Waals surface area contributed by atoms with E-state index < -0.39 is 16.2 Å². The first-order valence-corrected chi connectivity index (χ1v) is 6.56. The van der Waals surface area contributed by atoms with Gasteiger partial charge in [0.25, 0.3) is 10.0 Å². The van der Waals surface area contributed by atoms with Crippen LogP contribution in [0.5, 0.6) is 0 Å². The van der Waals surface area contributed by atoms with Gasteiger partial charge in [0.15, 0.2) is 5.03 Å². The summed E-state index contributed by atoms with van der Waals surface area (Å²) in [5, 5.41) is -0.0204. The number of hydrogen-bond donors (Lipinski definition) is 0. The molecule has 7 nitrogen and oxygen atoms in total. The van der Waals surface area contributed by atoms with Crippen LogP contribution in [0.1, 0.15) is 12.8 Å². The van der Waals surface area contributed by atoms with E-state index in [0.717, 1.165) is 0 Å². The number of isocyanates is 1. The molecule has 0 N–H and O–H groups in total. The van der Waals surface area contributed by atoms with Crippen molar-refractivity contribution in [1.82, 2.24) is 13.9 Å². The Balaban J connectivity index is 2.35. The van der Waals surface area contributed by atoms with Crippen LogP contribution in [0, 0.1) is 0 Å². The van der Waals surface area contributed by atoms with Gasteiger partial charge in [-0.1, -0.05) is 0 Å². The largest absolute Gasteiger partial charge is 0.339 e. The zero-order chi connectivity index (χ0) is 12.5. The number of aromatic nitrogens is 2. The van der Waals surface area contributed by atoms with Crippen LogP contribution >= 0.6 is 0 Å². The van der Waals surface area contributed by atoms with E-state index in [1.165, 1.54) is 22.9 Å². The van der Waals surface area contributed by atoms with Gasteiger partial charge < -0.3 is 4.57 Å². The third-order valence-electron chi connectivity index (χ3n) is 2.63. The number of hydrogen-bond acceptors (Lipinski definition) is 5. The normalized spacial score (nSPS) is 21.4. The number of rotatable bonds is 3. The fourth-order valence-corrected chi connectivity index (χ4v) is 3.40. The molecule has 1 fully saturated rings. The molecule has 1 saturated heterocycles. The summed E-state index contributed by atoms with van der Waals surface area (Å²) in [6.07, 6.45) is 4.84. The zero-order valence-corrected chi connectivity index (χ0v) is 10.1. The summed E-state index contributed by atoms with van der Waals surface area (Å²) < 4.78 is 27.1. The van der Waals surface area contributed by atoms with Crippen LogP contribution in [0.25, 0.3) is 0 Å². The minimum atomic E-state index is -3.66. The first kappa shape index (κ1) is 12.0. The van der Waals surface area contributed by atoms with Gasteiger partial charge in [-0.15, -0.1) is 0 Å². The van der Waals surface area contributed by atoms with E-state index in [1.54, 1.807) is 11.6 Å². The Bertz CT molecular complexity index is 559. The van der Waals surface area contributed by atoms with E-state index in [-0.39, 0.29) is 5.03 Å². The smallest absolute Gasteiger partial charge is 0.263 e. The Morgan fingerprint density at radius 1 is 1.59 bits per heavy atom. The maximum absolute atomic E-state index is 12.2. The molecular weight excluding hydrogens is 244 g/mol. The Morgan fingerprint density at radius 2 is 2.35 bits per heavy atom. The van der Waals surface area contributed by atoms with Crippen molar-refractivity contribution in [2.24, 2.45) is 12.0 Å². The first-order valence-electron chi connectivity index (χ1n) is 5.12. The highest BCUT2D eigenvalue weighted by Crippen LogP contribution is 2.25. The summed E-state index contributed by atoms with van der Waals surface area (Å²) in [5.41, 5.74) is 0. The van der Waals surface area contributed by atoms with E-state index in [1.807, 2.05) is 0 Å². The molecule has 0 aromatic carbocycles. The third-order valence-corrected chi connectivity index (χ3v) is 4.41. The van der Waals surface area contributed by atoms with Crippen molar-refractivity contribution in [2.45, 2.75) is 24.0 Å². The standard InChI is InChI=1S/C9H12N4O3S/c1-12-5-9(10-6-12)17(15,16)13-4-2-3-8(13)11-7-14/h5-6,8H,2-4H2,1H3. The average molecular weight is 256 g/mol. The van der Waals surface area contributed by atoms with Gasteiger partial charge >= 0.3 is 0 Å². The van der Waals surface area contributed by atoms with E-state index in [4.69, 9.17) is 0 Å². The Labute approximate surface area is 98.8 Å². The number of sulfonamides is 1. The molecule has 1 aliphatic rings. The summed E-state index contributed by atoms with van der Waals surface area (Å²) in [6.45, 7) is 0.356. The Morgan fingerprint density at radius 3 is 2.94 bits per heavy atom. The van der Waals surface area contributed by atoms with Gasteiger partial charge in [0.1, 0.15) is 6.17 Å². The second-order valence-corrected chi connectivity index (χ2v) is 5.67. The molecule has 1 aliphatic heterocycles. The molecule has 2 heterocycles. The molecule has 0 spiro atoms. The van der Waals surface area contributed by atoms with Gasteiger partial charge in [-0.3, -0.25) is 0 Å². The van der Waals surface area contributed by atoms with E-state index in [0.29, 0.717) is 19.4 Å². The lowest BCUT2D eigenvalue weighted by molar-refractivity contribution is 0.394. The minimum absolute atomic E-state index is 0.0204. The van der Waals surface area contributed by atoms with Crippen LogP contribution in [-0.2, 0) is 21.9 Å². The van der Waals surface area contributed by atoms with Crippen molar-refractivity contribution in [1.29, 1.82) is 0 Å². The molecular formula is C9H12N4O3S. The summed E-state index contributed by atoms with van der Waals surface area (Å²) in [5.74, 6) is 0. The van der Waals surface area contributed by atoms with Crippen molar-refractivity contribution < 1.29 is 13.2 Å². The minimum Gasteiger partial charge on any atom is -0.339 e. The van der Waals surface area contributed by atoms with Crippen LogP contribution in [0.15, 0.2) is 22.5 Å². The monoisotopic (exact) mass is 256 g/mol. The van der Waals surface area contributed by atoms with Crippen molar-refractivity contribution in [3.63, 3.8) is 0 Å². The van der Waals surface area contributed by atoms with Crippen LogP contribution in [0.2, 0.25) is 0 Å². The van der Waals surface area contributed by atoms with Crippen molar-refractivity contribution in [3.8, 4) is 0 Å². The van der Waals surface area contributed by atoms with Crippen molar-refractivity contribution in [3.05, 3.63) is 12.5 Å². The molecule has 17 heavy (non-hydrogen) atoms. The summed E-state index contributed by atoms with van der Waals surface area (Å²) in [7, 11) is -1.97. The Kier molecular flexibility index (Phi) is 3.10. The lowest BCUT2D eigenvalue weighted by Gasteiger charge is -2.18.